The number of hydrogen-bond acceptors (Lipinski definition) is 0. The van der Waals surface area contributed by atoms with Crippen LogP contribution in [0.2, 0.25) is 0 Å². The first kappa shape index (κ1) is 21.6. The van der Waals surface area contributed by atoms with Crippen LogP contribution in [0, 0.1) is 6.92 Å². The summed E-state index contributed by atoms with van der Waals surface area (Å²) in [6.45, 7) is 2.19. The minimum absolute atomic E-state index is 0.201. The van der Waals surface area contributed by atoms with E-state index in [2.05, 4.69) is 148 Å². The average molecular weight is 566 g/mol. The van der Waals surface area contributed by atoms with Crippen LogP contribution in [0.15, 0.2) is 118 Å². The van der Waals surface area contributed by atoms with Gasteiger partial charge < -0.3 is 0 Å². The molecule has 1 aliphatic rings. The van der Waals surface area contributed by atoms with Gasteiger partial charge in [0, 0.05) is 14.9 Å². The molecule has 164 valence electrons. The van der Waals surface area contributed by atoms with Gasteiger partial charge >= 0.3 is 0 Å². The Labute approximate surface area is 217 Å². The average Bonchev–Trinajstić information content (AvgIpc) is 3.18. The second-order valence-electron chi connectivity index (χ2n) is 8.93. The highest BCUT2D eigenvalue weighted by atomic mass is 79.9. The van der Waals surface area contributed by atoms with Crippen LogP contribution in [-0.2, 0) is 0 Å². The van der Waals surface area contributed by atoms with E-state index in [0.29, 0.717) is 0 Å². The van der Waals surface area contributed by atoms with Gasteiger partial charge in [-0.1, -0.05) is 110 Å². The topological polar surface area (TPSA) is 0 Å². The maximum atomic E-state index is 3.62. The molecule has 0 N–H and O–H groups in total. The van der Waals surface area contributed by atoms with Crippen LogP contribution < -0.4 is 0 Å². The van der Waals surface area contributed by atoms with Crippen molar-refractivity contribution in [2.24, 2.45) is 0 Å². The number of halogens is 2. The molecule has 0 saturated carbocycles. The van der Waals surface area contributed by atoms with E-state index in [1.54, 1.807) is 0 Å². The summed E-state index contributed by atoms with van der Waals surface area (Å²) >= 11 is 7.20. The summed E-state index contributed by atoms with van der Waals surface area (Å²) in [5.74, 6) is 0.201. The van der Waals surface area contributed by atoms with Crippen molar-refractivity contribution in [2.75, 3.05) is 0 Å². The van der Waals surface area contributed by atoms with Crippen molar-refractivity contribution in [3.05, 3.63) is 140 Å². The molecule has 5 aromatic carbocycles. The highest BCUT2D eigenvalue weighted by molar-refractivity contribution is 9.10. The molecule has 0 spiro atoms. The molecule has 2 heteroatoms. The number of aryl methyl sites for hydroxylation is 1. The monoisotopic (exact) mass is 564 g/mol. The Morgan fingerprint density at radius 3 is 1.88 bits per heavy atom. The lowest BCUT2D eigenvalue weighted by atomic mass is 9.83. The SMILES string of the molecule is Cc1ccc2c(c1)C(c1ccc(Br)cc1)c1c(-c3ccccc3)cc(-c3ccc(Br)cc3)cc1-2. The Kier molecular flexibility index (Phi) is 5.51. The number of rotatable bonds is 3. The van der Waals surface area contributed by atoms with E-state index in [1.807, 2.05) is 0 Å². The summed E-state index contributed by atoms with van der Waals surface area (Å²) in [4.78, 5) is 0. The van der Waals surface area contributed by atoms with E-state index in [9.17, 15) is 0 Å². The lowest BCUT2D eigenvalue weighted by Crippen LogP contribution is -2.02. The minimum Gasteiger partial charge on any atom is -0.0622 e. The van der Waals surface area contributed by atoms with E-state index >= 15 is 0 Å². The molecular formula is C32H22Br2. The highest BCUT2D eigenvalue weighted by Crippen LogP contribution is 2.53. The Bertz CT molecular complexity index is 1500. The van der Waals surface area contributed by atoms with Crippen molar-refractivity contribution in [3.63, 3.8) is 0 Å². The van der Waals surface area contributed by atoms with E-state index in [4.69, 9.17) is 0 Å². The molecule has 6 rings (SSSR count). The van der Waals surface area contributed by atoms with Crippen molar-refractivity contribution in [2.45, 2.75) is 12.8 Å². The molecule has 0 nitrogen and oxygen atoms in total. The van der Waals surface area contributed by atoms with Crippen molar-refractivity contribution >= 4 is 31.9 Å². The predicted octanol–water partition coefficient (Wildman–Crippen LogP) is 10.0. The van der Waals surface area contributed by atoms with Crippen LogP contribution in [0.4, 0.5) is 0 Å². The van der Waals surface area contributed by atoms with Crippen LogP contribution in [0.3, 0.4) is 0 Å². The maximum Gasteiger partial charge on any atom is 0.0358 e. The summed E-state index contributed by atoms with van der Waals surface area (Å²) in [6.07, 6.45) is 0. The lowest BCUT2D eigenvalue weighted by Gasteiger charge is -2.20. The number of hydrogen-bond donors (Lipinski definition) is 0. The van der Waals surface area contributed by atoms with Crippen molar-refractivity contribution in [1.29, 1.82) is 0 Å². The van der Waals surface area contributed by atoms with Gasteiger partial charge in [0.15, 0.2) is 0 Å². The van der Waals surface area contributed by atoms with Gasteiger partial charge in [-0.3, -0.25) is 0 Å². The summed E-state index contributed by atoms with van der Waals surface area (Å²) in [5.41, 5.74) is 13.1. The van der Waals surface area contributed by atoms with Crippen molar-refractivity contribution < 1.29 is 0 Å². The molecule has 1 unspecified atom stereocenters. The molecule has 0 amide bonds. The van der Waals surface area contributed by atoms with E-state index in [-0.39, 0.29) is 5.92 Å². The van der Waals surface area contributed by atoms with Gasteiger partial charge in [0.1, 0.15) is 0 Å². The van der Waals surface area contributed by atoms with Crippen LogP contribution in [0.25, 0.3) is 33.4 Å². The fourth-order valence-corrected chi connectivity index (χ4v) is 5.70. The fraction of sp³-hybridized carbons (Fsp3) is 0.0625. The third-order valence-corrected chi connectivity index (χ3v) is 7.80. The molecular weight excluding hydrogens is 544 g/mol. The van der Waals surface area contributed by atoms with Gasteiger partial charge in [-0.05, 0) is 93.4 Å². The Hall–Kier alpha value is -2.94. The predicted molar refractivity (Wildman–Crippen MR) is 150 cm³/mol. The molecule has 34 heavy (non-hydrogen) atoms. The zero-order valence-electron chi connectivity index (χ0n) is 18.7. The van der Waals surface area contributed by atoms with E-state index in [1.165, 1.54) is 55.6 Å². The molecule has 0 aromatic heterocycles. The normalized spacial score (nSPS) is 14.0. The quantitative estimate of drug-likeness (QED) is 0.200. The van der Waals surface area contributed by atoms with Crippen LogP contribution in [0.5, 0.6) is 0 Å². The van der Waals surface area contributed by atoms with Crippen molar-refractivity contribution in [3.8, 4) is 33.4 Å². The molecule has 0 bridgehead atoms. The molecule has 0 heterocycles. The van der Waals surface area contributed by atoms with E-state index in [0.717, 1.165) is 8.95 Å². The minimum atomic E-state index is 0.201. The summed E-state index contributed by atoms with van der Waals surface area (Å²) in [5, 5.41) is 0. The lowest BCUT2D eigenvalue weighted by molar-refractivity contribution is 1.01. The van der Waals surface area contributed by atoms with Crippen LogP contribution >= 0.6 is 31.9 Å². The third-order valence-electron chi connectivity index (χ3n) is 6.74. The molecule has 0 radical (unpaired) electrons. The molecule has 0 aliphatic heterocycles. The zero-order valence-corrected chi connectivity index (χ0v) is 21.9. The smallest absolute Gasteiger partial charge is 0.0358 e. The van der Waals surface area contributed by atoms with E-state index < -0.39 is 0 Å². The molecule has 1 aliphatic carbocycles. The first-order valence-corrected chi connectivity index (χ1v) is 13.0. The molecule has 0 fully saturated rings. The van der Waals surface area contributed by atoms with Crippen LogP contribution in [0.1, 0.15) is 28.2 Å². The number of fused-ring (bicyclic) bond motifs is 3. The largest absolute Gasteiger partial charge is 0.0622 e. The molecule has 5 aromatic rings. The first-order chi connectivity index (χ1) is 16.6. The van der Waals surface area contributed by atoms with Gasteiger partial charge in [-0.15, -0.1) is 0 Å². The zero-order chi connectivity index (χ0) is 23.2. The van der Waals surface area contributed by atoms with Gasteiger partial charge in [0.25, 0.3) is 0 Å². The third kappa shape index (κ3) is 3.76. The Morgan fingerprint density at radius 2 is 1.18 bits per heavy atom. The number of benzene rings is 5. The summed E-state index contributed by atoms with van der Waals surface area (Å²) < 4.78 is 2.20. The van der Waals surface area contributed by atoms with Gasteiger partial charge in [0.05, 0.1) is 0 Å². The maximum absolute atomic E-state index is 3.62. The van der Waals surface area contributed by atoms with Crippen molar-refractivity contribution in [1.82, 2.24) is 0 Å². The van der Waals surface area contributed by atoms with Crippen LogP contribution in [-0.4, -0.2) is 0 Å². The molecule has 0 saturated heterocycles. The molecule has 1 atom stereocenters. The Morgan fingerprint density at radius 1 is 0.529 bits per heavy atom. The van der Waals surface area contributed by atoms with Gasteiger partial charge in [-0.2, -0.15) is 0 Å². The second kappa shape index (κ2) is 8.69. The highest BCUT2D eigenvalue weighted by Gasteiger charge is 2.33. The van der Waals surface area contributed by atoms with Gasteiger partial charge in [0.2, 0.25) is 0 Å². The fourth-order valence-electron chi connectivity index (χ4n) is 5.18. The van der Waals surface area contributed by atoms with Gasteiger partial charge in [-0.25, -0.2) is 0 Å². The second-order valence-corrected chi connectivity index (χ2v) is 10.8. The summed E-state index contributed by atoms with van der Waals surface area (Å²) in [7, 11) is 0. The summed E-state index contributed by atoms with van der Waals surface area (Å²) in [6, 6.07) is 39.9. The Balaban J connectivity index is 1.68. The first-order valence-electron chi connectivity index (χ1n) is 11.4. The standard InChI is InChI=1S/C32H22Br2/c1-20-7-16-27-29(17-20)31(23-10-14-26(34)15-11-23)32-28(22-5-3-2-4-6-22)18-24(19-30(27)32)21-8-12-25(33)13-9-21/h2-19,31H,1H3.